The van der Waals surface area contributed by atoms with E-state index in [1.807, 2.05) is 0 Å². The Morgan fingerprint density at radius 2 is 2.25 bits per heavy atom. The summed E-state index contributed by atoms with van der Waals surface area (Å²) in [6.07, 6.45) is 5.01. The van der Waals surface area contributed by atoms with Crippen LogP contribution in [0.3, 0.4) is 0 Å². The summed E-state index contributed by atoms with van der Waals surface area (Å²) in [5.74, 6) is 0.678. The molecule has 2 atom stereocenters. The minimum Gasteiger partial charge on any atom is -0.374 e. The lowest BCUT2D eigenvalue weighted by Crippen LogP contribution is -2.43. The maximum Gasteiger partial charge on any atom is 0.0804 e. The van der Waals surface area contributed by atoms with Gasteiger partial charge in [0.25, 0.3) is 0 Å². The first kappa shape index (κ1) is 10.5. The molecule has 1 rings (SSSR count). The SMILES string of the molecule is CCC(C)C1(CBr)CCCCO1. The zero-order valence-corrected chi connectivity index (χ0v) is 9.69. The summed E-state index contributed by atoms with van der Waals surface area (Å²) >= 11 is 3.58. The van der Waals surface area contributed by atoms with E-state index in [0.29, 0.717) is 5.92 Å². The topological polar surface area (TPSA) is 9.23 Å². The summed E-state index contributed by atoms with van der Waals surface area (Å²) in [5.41, 5.74) is 0.146. The van der Waals surface area contributed by atoms with Gasteiger partial charge in [-0.1, -0.05) is 36.2 Å². The second-order valence-corrected chi connectivity index (χ2v) is 4.37. The summed E-state index contributed by atoms with van der Waals surface area (Å²) in [6, 6.07) is 0. The van der Waals surface area contributed by atoms with E-state index in [2.05, 4.69) is 29.8 Å². The monoisotopic (exact) mass is 234 g/mol. The van der Waals surface area contributed by atoms with Crippen molar-refractivity contribution in [2.45, 2.75) is 45.1 Å². The van der Waals surface area contributed by atoms with E-state index in [1.54, 1.807) is 0 Å². The first-order chi connectivity index (χ1) is 5.75. The van der Waals surface area contributed by atoms with E-state index in [9.17, 15) is 0 Å². The maximum absolute atomic E-state index is 5.92. The normalized spacial score (nSPS) is 33.2. The van der Waals surface area contributed by atoms with E-state index < -0.39 is 0 Å². The molecule has 0 aromatic carbocycles. The van der Waals surface area contributed by atoms with Crippen molar-refractivity contribution in [3.05, 3.63) is 0 Å². The molecule has 2 heteroatoms. The highest BCUT2D eigenvalue weighted by atomic mass is 79.9. The fraction of sp³-hybridized carbons (Fsp3) is 1.00. The fourth-order valence-corrected chi connectivity index (χ4v) is 2.87. The van der Waals surface area contributed by atoms with Gasteiger partial charge in [-0.2, -0.15) is 0 Å². The third-order valence-corrected chi connectivity index (χ3v) is 4.07. The van der Waals surface area contributed by atoms with Gasteiger partial charge >= 0.3 is 0 Å². The van der Waals surface area contributed by atoms with Gasteiger partial charge in [0.15, 0.2) is 0 Å². The van der Waals surface area contributed by atoms with Crippen molar-refractivity contribution in [1.82, 2.24) is 0 Å². The molecule has 1 aliphatic rings. The van der Waals surface area contributed by atoms with Crippen LogP contribution in [0.5, 0.6) is 0 Å². The Morgan fingerprint density at radius 1 is 1.50 bits per heavy atom. The predicted octanol–water partition coefficient (Wildman–Crippen LogP) is 3.37. The van der Waals surface area contributed by atoms with E-state index in [0.717, 1.165) is 11.9 Å². The summed E-state index contributed by atoms with van der Waals surface area (Å²) in [6.45, 7) is 5.50. The van der Waals surface area contributed by atoms with Crippen LogP contribution in [0.15, 0.2) is 0 Å². The Bertz CT molecular complexity index is 130. The van der Waals surface area contributed by atoms with Crippen molar-refractivity contribution in [3.63, 3.8) is 0 Å². The molecule has 0 aliphatic carbocycles. The molecule has 0 aromatic heterocycles. The molecule has 0 bridgehead atoms. The van der Waals surface area contributed by atoms with Crippen LogP contribution in [-0.4, -0.2) is 17.5 Å². The van der Waals surface area contributed by atoms with Crippen LogP contribution >= 0.6 is 15.9 Å². The molecule has 0 N–H and O–H groups in total. The Balaban J connectivity index is 2.59. The average Bonchev–Trinajstić information content (AvgIpc) is 2.17. The van der Waals surface area contributed by atoms with Gasteiger partial charge < -0.3 is 4.74 Å². The molecular formula is C10H19BrO. The predicted molar refractivity (Wildman–Crippen MR) is 55.8 cm³/mol. The highest BCUT2D eigenvalue weighted by molar-refractivity contribution is 9.09. The summed E-state index contributed by atoms with van der Waals surface area (Å²) in [4.78, 5) is 0. The molecule has 1 fully saturated rings. The first-order valence-electron chi connectivity index (χ1n) is 4.95. The second-order valence-electron chi connectivity index (χ2n) is 3.81. The molecule has 0 radical (unpaired) electrons. The molecule has 0 spiro atoms. The third-order valence-electron chi connectivity index (χ3n) is 3.12. The molecule has 1 heterocycles. The Kier molecular flexibility index (Phi) is 4.04. The van der Waals surface area contributed by atoms with Gasteiger partial charge in [0.05, 0.1) is 5.60 Å². The van der Waals surface area contributed by atoms with Crippen molar-refractivity contribution < 1.29 is 4.74 Å². The van der Waals surface area contributed by atoms with Gasteiger partial charge in [-0.25, -0.2) is 0 Å². The van der Waals surface area contributed by atoms with Crippen molar-refractivity contribution in [2.75, 3.05) is 11.9 Å². The van der Waals surface area contributed by atoms with Gasteiger partial charge in [-0.15, -0.1) is 0 Å². The quantitative estimate of drug-likeness (QED) is 0.681. The summed E-state index contributed by atoms with van der Waals surface area (Å²) in [5, 5.41) is 0.995. The van der Waals surface area contributed by atoms with E-state index in [-0.39, 0.29) is 5.60 Å². The molecule has 2 unspecified atom stereocenters. The van der Waals surface area contributed by atoms with Gasteiger partial charge in [0.1, 0.15) is 0 Å². The lowest BCUT2D eigenvalue weighted by Gasteiger charge is -2.40. The van der Waals surface area contributed by atoms with Crippen LogP contribution in [0, 0.1) is 5.92 Å². The lowest BCUT2D eigenvalue weighted by atomic mass is 9.82. The van der Waals surface area contributed by atoms with Crippen LogP contribution in [0.1, 0.15) is 39.5 Å². The summed E-state index contributed by atoms with van der Waals surface area (Å²) in [7, 11) is 0. The van der Waals surface area contributed by atoms with E-state index in [1.165, 1.54) is 25.7 Å². The molecule has 0 aromatic rings. The number of rotatable bonds is 3. The molecule has 1 saturated heterocycles. The highest BCUT2D eigenvalue weighted by Crippen LogP contribution is 2.35. The van der Waals surface area contributed by atoms with Crippen LogP contribution in [0.4, 0.5) is 0 Å². The van der Waals surface area contributed by atoms with Gasteiger partial charge in [-0.05, 0) is 25.2 Å². The average molecular weight is 235 g/mol. The van der Waals surface area contributed by atoms with E-state index >= 15 is 0 Å². The molecule has 72 valence electrons. The van der Waals surface area contributed by atoms with Crippen molar-refractivity contribution in [3.8, 4) is 0 Å². The van der Waals surface area contributed by atoms with Crippen LogP contribution in [-0.2, 0) is 4.74 Å². The third kappa shape index (κ3) is 2.02. The molecule has 0 saturated carbocycles. The lowest BCUT2D eigenvalue weighted by molar-refractivity contribution is -0.0951. The first-order valence-corrected chi connectivity index (χ1v) is 6.07. The largest absolute Gasteiger partial charge is 0.374 e. The smallest absolute Gasteiger partial charge is 0.0804 e. The highest BCUT2D eigenvalue weighted by Gasteiger charge is 2.36. The van der Waals surface area contributed by atoms with Crippen LogP contribution in [0.25, 0.3) is 0 Å². The van der Waals surface area contributed by atoms with Crippen LogP contribution in [0.2, 0.25) is 0 Å². The fourth-order valence-electron chi connectivity index (χ4n) is 1.87. The number of halogens is 1. The van der Waals surface area contributed by atoms with E-state index in [4.69, 9.17) is 4.74 Å². The van der Waals surface area contributed by atoms with Gasteiger partial charge in [0.2, 0.25) is 0 Å². The van der Waals surface area contributed by atoms with Crippen molar-refractivity contribution >= 4 is 15.9 Å². The Morgan fingerprint density at radius 3 is 2.67 bits per heavy atom. The zero-order chi connectivity index (χ0) is 9.03. The zero-order valence-electron chi connectivity index (χ0n) is 8.11. The Labute approximate surface area is 84.0 Å². The minimum atomic E-state index is 0.146. The minimum absolute atomic E-state index is 0.146. The molecule has 1 aliphatic heterocycles. The van der Waals surface area contributed by atoms with Crippen LogP contribution < -0.4 is 0 Å². The molecule has 0 amide bonds. The Hall–Kier alpha value is 0.440. The van der Waals surface area contributed by atoms with Crippen molar-refractivity contribution in [2.24, 2.45) is 5.92 Å². The van der Waals surface area contributed by atoms with Gasteiger partial charge in [0, 0.05) is 11.9 Å². The molecule has 1 nitrogen and oxygen atoms in total. The standard InChI is InChI=1S/C10H19BrO/c1-3-9(2)10(8-11)6-4-5-7-12-10/h9H,3-8H2,1-2H3. The molecule has 12 heavy (non-hydrogen) atoms. The van der Waals surface area contributed by atoms with Crippen molar-refractivity contribution in [1.29, 1.82) is 0 Å². The second kappa shape index (κ2) is 4.61. The maximum atomic E-state index is 5.92. The number of alkyl halides is 1. The number of hydrogen-bond donors (Lipinski definition) is 0. The van der Waals surface area contributed by atoms with Gasteiger partial charge in [-0.3, -0.25) is 0 Å². The number of ether oxygens (including phenoxy) is 1. The number of hydrogen-bond acceptors (Lipinski definition) is 1. The summed E-state index contributed by atoms with van der Waals surface area (Å²) < 4.78 is 5.92. The molecular weight excluding hydrogens is 216 g/mol.